The maximum atomic E-state index is 12.2. The topological polar surface area (TPSA) is 41.6 Å². The first kappa shape index (κ1) is 18.4. The highest BCUT2D eigenvalue weighted by molar-refractivity contribution is 6.32. The van der Waals surface area contributed by atoms with Crippen LogP contribution in [0.2, 0.25) is 10.0 Å². The van der Waals surface area contributed by atoms with Crippen LogP contribution in [0.4, 0.5) is 11.4 Å². The summed E-state index contributed by atoms with van der Waals surface area (Å²) in [5.41, 5.74) is 2.58. The summed E-state index contributed by atoms with van der Waals surface area (Å²) in [6.07, 6.45) is 0.940. The van der Waals surface area contributed by atoms with E-state index in [9.17, 15) is 4.79 Å². The van der Waals surface area contributed by atoms with Gasteiger partial charge in [-0.1, -0.05) is 29.3 Å². The molecule has 6 heteroatoms. The Morgan fingerprint density at radius 2 is 1.92 bits per heavy atom. The summed E-state index contributed by atoms with van der Waals surface area (Å²) in [4.78, 5) is 14.2. The molecule has 1 N–H and O–H groups in total. The number of anilines is 2. The normalized spacial score (nSPS) is 10.4. The molecule has 0 saturated heterocycles. The summed E-state index contributed by atoms with van der Waals surface area (Å²) in [6, 6.07) is 10.9. The van der Waals surface area contributed by atoms with E-state index in [0.717, 1.165) is 11.3 Å². The van der Waals surface area contributed by atoms with Crippen LogP contribution >= 0.6 is 23.2 Å². The molecule has 0 unspecified atom stereocenters. The van der Waals surface area contributed by atoms with Crippen molar-refractivity contribution in [2.24, 2.45) is 0 Å². The molecule has 24 heavy (non-hydrogen) atoms. The molecule has 1 amide bonds. The molecule has 2 rings (SSSR count). The van der Waals surface area contributed by atoms with Gasteiger partial charge < -0.3 is 15.0 Å². The number of aryl methyl sites for hydroxylation is 1. The molecule has 0 saturated carbocycles. The third kappa shape index (κ3) is 4.79. The molecule has 0 atom stereocenters. The standard InChI is InChI=1S/C18H20Cl2N2O2/c1-22(2)16-7-6-13(19)11-15(16)21-18(23)9-5-12-4-8-17(24-3)14(20)10-12/h4,6-8,10-11H,5,9H2,1-3H3,(H,21,23). The molecular weight excluding hydrogens is 347 g/mol. The minimum Gasteiger partial charge on any atom is -0.495 e. The smallest absolute Gasteiger partial charge is 0.224 e. The fourth-order valence-electron chi connectivity index (χ4n) is 2.33. The molecule has 0 aromatic heterocycles. The first-order chi connectivity index (χ1) is 11.4. The Morgan fingerprint density at radius 3 is 2.54 bits per heavy atom. The number of rotatable bonds is 6. The Kier molecular flexibility index (Phi) is 6.35. The van der Waals surface area contributed by atoms with Crippen LogP contribution in [0.3, 0.4) is 0 Å². The van der Waals surface area contributed by atoms with Crippen molar-refractivity contribution in [2.45, 2.75) is 12.8 Å². The summed E-state index contributed by atoms with van der Waals surface area (Å²) in [6.45, 7) is 0. The van der Waals surface area contributed by atoms with Crippen LogP contribution in [0.5, 0.6) is 5.75 Å². The van der Waals surface area contributed by atoms with Gasteiger partial charge in [-0.15, -0.1) is 0 Å². The van der Waals surface area contributed by atoms with Crippen LogP contribution < -0.4 is 15.0 Å². The van der Waals surface area contributed by atoms with Crippen molar-refractivity contribution in [2.75, 3.05) is 31.4 Å². The average Bonchev–Trinajstić information content (AvgIpc) is 2.53. The van der Waals surface area contributed by atoms with E-state index in [0.29, 0.717) is 34.3 Å². The van der Waals surface area contributed by atoms with Crippen molar-refractivity contribution < 1.29 is 9.53 Å². The predicted octanol–water partition coefficient (Wildman–Crippen LogP) is 4.64. The van der Waals surface area contributed by atoms with E-state index in [1.807, 2.05) is 37.2 Å². The second-order valence-electron chi connectivity index (χ2n) is 5.57. The molecule has 0 spiro atoms. The Balaban J connectivity index is 2.01. The van der Waals surface area contributed by atoms with Gasteiger partial charge in [0.15, 0.2) is 0 Å². The van der Waals surface area contributed by atoms with Gasteiger partial charge >= 0.3 is 0 Å². The number of hydrogen-bond acceptors (Lipinski definition) is 3. The quantitative estimate of drug-likeness (QED) is 0.809. The Hall–Kier alpha value is -1.91. The molecule has 4 nitrogen and oxygen atoms in total. The summed E-state index contributed by atoms with van der Waals surface area (Å²) in [7, 11) is 5.40. The van der Waals surface area contributed by atoms with Crippen LogP contribution in [0.15, 0.2) is 36.4 Å². The van der Waals surface area contributed by atoms with Crippen molar-refractivity contribution in [3.05, 3.63) is 52.0 Å². The summed E-state index contributed by atoms with van der Waals surface area (Å²) < 4.78 is 5.12. The van der Waals surface area contributed by atoms with Crippen LogP contribution in [0.25, 0.3) is 0 Å². The van der Waals surface area contributed by atoms with Gasteiger partial charge in [0.2, 0.25) is 5.91 Å². The van der Waals surface area contributed by atoms with Crippen molar-refractivity contribution in [1.29, 1.82) is 0 Å². The van der Waals surface area contributed by atoms with Gasteiger partial charge in [0.25, 0.3) is 0 Å². The summed E-state index contributed by atoms with van der Waals surface area (Å²) >= 11 is 12.1. The zero-order valence-electron chi connectivity index (χ0n) is 13.9. The fraction of sp³-hybridized carbons (Fsp3) is 0.278. The summed E-state index contributed by atoms with van der Waals surface area (Å²) in [5, 5.41) is 4.04. The number of nitrogens with one attached hydrogen (secondary N) is 1. The lowest BCUT2D eigenvalue weighted by atomic mass is 10.1. The summed E-state index contributed by atoms with van der Waals surface area (Å²) in [5.74, 6) is 0.548. The zero-order chi connectivity index (χ0) is 17.7. The lowest BCUT2D eigenvalue weighted by Gasteiger charge is -2.18. The van der Waals surface area contributed by atoms with Gasteiger partial charge in [0, 0.05) is 25.5 Å². The third-order valence-corrected chi connectivity index (χ3v) is 4.10. The fourth-order valence-corrected chi connectivity index (χ4v) is 2.79. The zero-order valence-corrected chi connectivity index (χ0v) is 15.4. The first-order valence-electron chi connectivity index (χ1n) is 7.50. The van der Waals surface area contributed by atoms with Crippen molar-refractivity contribution in [3.8, 4) is 5.75 Å². The largest absolute Gasteiger partial charge is 0.495 e. The van der Waals surface area contributed by atoms with Gasteiger partial charge in [-0.2, -0.15) is 0 Å². The number of benzene rings is 2. The number of halogens is 2. The SMILES string of the molecule is COc1ccc(CCC(=O)Nc2cc(Cl)ccc2N(C)C)cc1Cl. The Bertz CT molecular complexity index is 733. The molecule has 0 bridgehead atoms. The van der Waals surface area contributed by atoms with Gasteiger partial charge in [-0.3, -0.25) is 4.79 Å². The van der Waals surface area contributed by atoms with E-state index in [1.54, 1.807) is 25.3 Å². The lowest BCUT2D eigenvalue weighted by Crippen LogP contribution is -2.17. The maximum Gasteiger partial charge on any atom is 0.224 e. The molecule has 0 heterocycles. The van der Waals surface area contributed by atoms with E-state index in [-0.39, 0.29) is 5.91 Å². The van der Waals surface area contributed by atoms with Crippen LogP contribution in [-0.2, 0) is 11.2 Å². The molecule has 2 aromatic carbocycles. The molecule has 0 aliphatic rings. The van der Waals surface area contributed by atoms with Gasteiger partial charge in [-0.25, -0.2) is 0 Å². The third-order valence-electron chi connectivity index (χ3n) is 3.57. The average molecular weight is 367 g/mol. The van der Waals surface area contributed by atoms with E-state index < -0.39 is 0 Å². The number of carbonyl (C=O) groups is 1. The van der Waals surface area contributed by atoms with Crippen molar-refractivity contribution in [3.63, 3.8) is 0 Å². The van der Waals surface area contributed by atoms with Crippen molar-refractivity contribution in [1.82, 2.24) is 0 Å². The van der Waals surface area contributed by atoms with Crippen LogP contribution in [0.1, 0.15) is 12.0 Å². The molecule has 0 fully saturated rings. The minimum absolute atomic E-state index is 0.0766. The second kappa shape index (κ2) is 8.27. The number of amides is 1. The Morgan fingerprint density at radius 1 is 1.17 bits per heavy atom. The minimum atomic E-state index is -0.0766. The van der Waals surface area contributed by atoms with Crippen LogP contribution in [0, 0.1) is 0 Å². The number of hydrogen-bond donors (Lipinski definition) is 1. The van der Waals surface area contributed by atoms with E-state index in [2.05, 4.69) is 5.32 Å². The van der Waals surface area contributed by atoms with Gasteiger partial charge in [0.1, 0.15) is 5.75 Å². The number of ether oxygens (including phenoxy) is 1. The molecular formula is C18H20Cl2N2O2. The van der Waals surface area contributed by atoms with Crippen LogP contribution in [-0.4, -0.2) is 27.1 Å². The molecule has 0 radical (unpaired) electrons. The highest BCUT2D eigenvalue weighted by Crippen LogP contribution is 2.28. The second-order valence-corrected chi connectivity index (χ2v) is 6.42. The van der Waals surface area contributed by atoms with E-state index in [1.165, 1.54) is 0 Å². The number of nitrogens with zero attached hydrogens (tertiary/aromatic N) is 1. The van der Waals surface area contributed by atoms with E-state index in [4.69, 9.17) is 27.9 Å². The number of carbonyl (C=O) groups excluding carboxylic acids is 1. The Labute approximate surface area is 152 Å². The molecule has 2 aromatic rings. The molecule has 0 aliphatic heterocycles. The predicted molar refractivity (Wildman–Crippen MR) is 101 cm³/mol. The lowest BCUT2D eigenvalue weighted by molar-refractivity contribution is -0.116. The molecule has 128 valence electrons. The van der Waals surface area contributed by atoms with Gasteiger partial charge in [0.05, 0.1) is 23.5 Å². The highest BCUT2D eigenvalue weighted by Gasteiger charge is 2.10. The molecule has 0 aliphatic carbocycles. The number of methoxy groups -OCH3 is 1. The van der Waals surface area contributed by atoms with E-state index >= 15 is 0 Å². The van der Waals surface area contributed by atoms with Crippen molar-refractivity contribution >= 4 is 40.5 Å². The van der Waals surface area contributed by atoms with Gasteiger partial charge in [-0.05, 0) is 42.3 Å². The first-order valence-corrected chi connectivity index (χ1v) is 8.25. The maximum absolute atomic E-state index is 12.2. The monoisotopic (exact) mass is 366 g/mol. The highest BCUT2D eigenvalue weighted by atomic mass is 35.5.